The molecule has 0 aliphatic rings. The summed E-state index contributed by atoms with van der Waals surface area (Å²) in [6.45, 7) is 0. The molecule has 0 bridgehead atoms. The van der Waals surface area contributed by atoms with Crippen molar-refractivity contribution in [1.29, 1.82) is 0 Å². The van der Waals surface area contributed by atoms with Gasteiger partial charge in [-0.05, 0) is 46.6 Å². The highest BCUT2D eigenvalue weighted by molar-refractivity contribution is 7.17. The largest absolute Gasteiger partial charge is 0.467 e. The molecule has 2 heterocycles. The summed E-state index contributed by atoms with van der Waals surface area (Å²) < 4.78 is 6.18. The molecular formula is C12H9ClN4OS. The first-order chi connectivity index (χ1) is 9.24. The van der Waals surface area contributed by atoms with Crippen molar-refractivity contribution in [2.24, 2.45) is 0 Å². The molecule has 0 radical (unpaired) electrons. The fourth-order valence-corrected chi connectivity index (χ4v) is 2.58. The molecule has 3 rings (SSSR count). The molecule has 3 aromatic rings. The fourth-order valence-electron chi connectivity index (χ4n) is 1.65. The predicted molar refractivity (Wildman–Crippen MR) is 76.5 cm³/mol. The van der Waals surface area contributed by atoms with Crippen LogP contribution in [0.25, 0.3) is 10.1 Å². The van der Waals surface area contributed by atoms with Gasteiger partial charge in [0, 0.05) is 10.4 Å². The van der Waals surface area contributed by atoms with Gasteiger partial charge in [0.2, 0.25) is 11.2 Å². The van der Waals surface area contributed by atoms with Crippen molar-refractivity contribution in [2.45, 2.75) is 0 Å². The highest BCUT2D eigenvalue weighted by atomic mass is 35.5. The number of nitrogens with one attached hydrogen (secondary N) is 1. The Bertz CT molecular complexity index is 731. The Morgan fingerprint density at radius 1 is 1.21 bits per heavy atom. The molecule has 1 aromatic carbocycles. The summed E-state index contributed by atoms with van der Waals surface area (Å²) in [6.07, 6.45) is 0. The van der Waals surface area contributed by atoms with Crippen molar-refractivity contribution < 1.29 is 4.74 Å². The van der Waals surface area contributed by atoms with E-state index in [1.54, 1.807) is 11.3 Å². The van der Waals surface area contributed by atoms with Gasteiger partial charge in [0.1, 0.15) is 0 Å². The number of halogens is 1. The normalized spacial score (nSPS) is 10.6. The second kappa shape index (κ2) is 4.99. The Morgan fingerprint density at radius 3 is 2.95 bits per heavy atom. The summed E-state index contributed by atoms with van der Waals surface area (Å²) in [7, 11) is 1.48. The van der Waals surface area contributed by atoms with E-state index in [0.717, 1.165) is 5.69 Å². The molecule has 96 valence electrons. The Kier molecular flexibility index (Phi) is 3.18. The summed E-state index contributed by atoms with van der Waals surface area (Å²) in [5.74, 6) is 0.353. The van der Waals surface area contributed by atoms with Gasteiger partial charge < -0.3 is 10.1 Å². The minimum atomic E-state index is 0.0889. The van der Waals surface area contributed by atoms with Crippen LogP contribution in [0.1, 0.15) is 0 Å². The zero-order valence-corrected chi connectivity index (χ0v) is 11.5. The number of rotatable bonds is 3. The van der Waals surface area contributed by atoms with Crippen molar-refractivity contribution in [3.05, 3.63) is 34.9 Å². The second-order valence-electron chi connectivity index (χ2n) is 3.71. The molecule has 0 amide bonds. The van der Waals surface area contributed by atoms with Crippen molar-refractivity contribution in [3.63, 3.8) is 0 Å². The van der Waals surface area contributed by atoms with Gasteiger partial charge in [-0.25, -0.2) is 0 Å². The first-order valence-corrected chi connectivity index (χ1v) is 6.70. The Balaban J connectivity index is 1.93. The Labute approximate surface area is 118 Å². The van der Waals surface area contributed by atoms with E-state index >= 15 is 0 Å². The number of fused-ring (bicyclic) bond motifs is 1. The number of ether oxygens (including phenoxy) is 1. The molecule has 0 saturated heterocycles. The van der Waals surface area contributed by atoms with Crippen molar-refractivity contribution >= 4 is 44.7 Å². The maximum Gasteiger partial charge on any atom is 0.322 e. The highest BCUT2D eigenvalue weighted by Crippen LogP contribution is 2.25. The summed E-state index contributed by atoms with van der Waals surface area (Å²) in [5, 5.41) is 6.39. The summed E-state index contributed by atoms with van der Waals surface area (Å²) in [5.41, 5.74) is 0.884. The van der Waals surface area contributed by atoms with Crippen LogP contribution in [0.3, 0.4) is 0 Å². The average Bonchev–Trinajstić information content (AvgIpc) is 2.85. The summed E-state index contributed by atoms with van der Waals surface area (Å²) in [6, 6.07) is 8.27. The zero-order valence-electron chi connectivity index (χ0n) is 9.92. The van der Waals surface area contributed by atoms with E-state index in [0.29, 0.717) is 5.95 Å². The van der Waals surface area contributed by atoms with E-state index in [1.165, 1.54) is 17.2 Å². The molecule has 0 fully saturated rings. The van der Waals surface area contributed by atoms with Gasteiger partial charge in [-0.2, -0.15) is 15.0 Å². The van der Waals surface area contributed by atoms with Gasteiger partial charge >= 0.3 is 6.01 Å². The maximum atomic E-state index is 5.79. The number of hydrogen-bond donors (Lipinski definition) is 1. The van der Waals surface area contributed by atoms with E-state index in [9.17, 15) is 0 Å². The standard InChI is InChI=1S/C12H9ClN4OS/c1-18-12-16-10(13)15-11(17-12)14-8-2-3-9-7(6-8)4-5-19-9/h2-6H,1H3,(H,14,15,16,17). The van der Waals surface area contributed by atoms with Crippen LogP contribution in [0, 0.1) is 0 Å². The van der Waals surface area contributed by atoms with Crippen LogP contribution in [-0.4, -0.2) is 22.1 Å². The van der Waals surface area contributed by atoms with E-state index in [-0.39, 0.29) is 11.3 Å². The third kappa shape index (κ3) is 2.59. The lowest BCUT2D eigenvalue weighted by Gasteiger charge is -2.06. The van der Waals surface area contributed by atoms with Crippen molar-refractivity contribution in [1.82, 2.24) is 15.0 Å². The minimum Gasteiger partial charge on any atom is -0.467 e. The third-order valence-electron chi connectivity index (χ3n) is 2.48. The van der Waals surface area contributed by atoms with Crippen LogP contribution in [0.2, 0.25) is 5.28 Å². The van der Waals surface area contributed by atoms with Crippen LogP contribution in [0.5, 0.6) is 6.01 Å². The smallest absolute Gasteiger partial charge is 0.322 e. The lowest BCUT2D eigenvalue weighted by atomic mass is 10.2. The second-order valence-corrected chi connectivity index (χ2v) is 5.00. The monoisotopic (exact) mass is 292 g/mol. The highest BCUT2D eigenvalue weighted by Gasteiger charge is 2.06. The van der Waals surface area contributed by atoms with Gasteiger partial charge in [0.25, 0.3) is 0 Å². The van der Waals surface area contributed by atoms with Crippen LogP contribution < -0.4 is 10.1 Å². The topological polar surface area (TPSA) is 59.9 Å². The quantitative estimate of drug-likeness (QED) is 0.800. The molecule has 0 aliphatic heterocycles. The SMILES string of the molecule is COc1nc(Cl)nc(Nc2ccc3sccc3c2)n1. The van der Waals surface area contributed by atoms with E-state index in [4.69, 9.17) is 16.3 Å². The summed E-state index contributed by atoms with van der Waals surface area (Å²) >= 11 is 7.49. The molecule has 0 atom stereocenters. The molecule has 19 heavy (non-hydrogen) atoms. The van der Waals surface area contributed by atoms with Crippen molar-refractivity contribution in [2.75, 3.05) is 12.4 Å². The van der Waals surface area contributed by atoms with Crippen LogP contribution in [0.4, 0.5) is 11.6 Å². The number of benzene rings is 1. The molecule has 0 spiro atoms. The van der Waals surface area contributed by atoms with Crippen molar-refractivity contribution in [3.8, 4) is 6.01 Å². The fraction of sp³-hybridized carbons (Fsp3) is 0.0833. The predicted octanol–water partition coefficient (Wildman–Crippen LogP) is 3.49. The van der Waals surface area contributed by atoms with Crippen LogP contribution >= 0.6 is 22.9 Å². The van der Waals surface area contributed by atoms with Crippen LogP contribution in [-0.2, 0) is 0 Å². The van der Waals surface area contributed by atoms with E-state index < -0.39 is 0 Å². The van der Waals surface area contributed by atoms with Gasteiger partial charge in [-0.3, -0.25) is 0 Å². The molecule has 7 heteroatoms. The molecule has 0 aliphatic carbocycles. The molecule has 1 N–H and O–H groups in total. The van der Waals surface area contributed by atoms with E-state index in [2.05, 4.69) is 31.7 Å². The Hall–Kier alpha value is -1.92. The first-order valence-electron chi connectivity index (χ1n) is 5.44. The lowest BCUT2D eigenvalue weighted by molar-refractivity contribution is 0.379. The number of hydrogen-bond acceptors (Lipinski definition) is 6. The maximum absolute atomic E-state index is 5.79. The number of thiophene rings is 1. The van der Waals surface area contributed by atoms with Crippen LogP contribution in [0.15, 0.2) is 29.6 Å². The number of anilines is 2. The number of nitrogens with zero attached hydrogens (tertiary/aromatic N) is 3. The Morgan fingerprint density at radius 2 is 2.11 bits per heavy atom. The lowest BCUT2D eigenvalue weighted by Crippen LogP contribution is -2.01. The molecular weight excluding hydrogens is 284 g/mol. The third-order valence-corrected chi connectivity index (χ3v) is 3.55. The number of methoxy groups -OCH3 is 1. The molecule has 5 nitrogen and oxygen atoms in total. The van der Waals surface area contributed by atoms with Gasteiger partial charge in [0.15, 0.2) is 0 Å². The van der Waals surface area contributed by atoms with Gasteiger partial charge in [0.05, 0.1) is 7.11 Å². The summed E-state index contributed by atoms with van der Waals surface area (Å²) in [4.78, 5) is 11.9. The first kappa shape index (κ1) is 12.1. The minimum absolute atomic E-state index is 0.0889. The zero-order chi connectivity index (χ0) is 13.2. The van der Waals surface area contributed by atoms with Gasteiger partial charge in [-0.15, -0.1) is 11.3 Å². The molecule has 2 aromatic heterocycles. The number of aromatic nitrogens is 3. The average molecular weight is 293 g/mol. The van der Waals surface area contributed by atoms with Gasteiger partial charge in [-0.1, -0.05) is 0 Å². The van der Waals surface area contributed by atoms with E-state index in [1.807, 2.05) is 18.2 Å². The molecule has 0 saturated carbocycles. The molecule has 0 unspecified atom stereocenters.